The molecule has 0 aliphatic carbocycles. The lowest BCUT2D eigenvalue weighted by Crippen LogP contribution is -2.26. The van der Waals surface area contributed by atoms with Crippen LogP contribution in [0.25, 0.3) is 0 Å². The van der Waals surface area contributed by atoms with Crippen LogP contribution >= 0.6 is 11.6 Å². The molecular weight excluding hydrogens is 238 g/mol. The van der Waals surface area contributed by atoms with Crippen LogP contribution in [-0.2, 0) is 11.3 Å². The number of carbonyl (C=O) groups is 1. The summed E-state index contributed by atoms with van der Waals surface area (Å²) in [5.74, 6) is 0.0200. The first-order valence-electron chi connectivity index (χ1n) is 5.48. The minimum Gasteiger partial charge on any atom is -0.373 e. The average molecular weight is 256 g/mol. The quantitative estimate of drug-likeness (QED) is 0.836. The summed E-state index contributed by atoms with van der Waals surface area (Å²) in [7, 11) is 3.54. The van der Waals surface area contributed by atoms with Gasteiger partial charge in [0.15, 0.2) is 0 Å². The van der Waals surface area contributed by atoms with Crippen molar-refractivity contribution in [3.8, 4) is 0 Å². The monoisotopic (exact) mass is 255 g/mol. The summed E-state index contributed by atoms with van der Waals surface area (Å²) in [6, 6.07) is 5.72. The van der Waals surface area contributed by atoms with Crippen LogP contribution in [0.2, 0.25) is 5.02 Å². The highest BCUT2D eigenvalue weighted by Crippen LogP contribution is 2.25. The zero-order chi connectivity index (χ0) is 12.8. The maximum atomic E-state index is 11.1. The predicted molar refractivity (Wildman–Crippen MR) is 71.3 cm³/mol. The number of nitrogens with zero attached hydrogens (tertiary/aromatic N) is 1. The molecule has 0 bridgehead atoms. The molecule has 0 heterocycles. The maximum Gasteiger partial charge on any atom is 0.221 e. The number of amides is 1. The Morgan fingerprint density at radius 1 is 1.53 bits per heavy atom. The van der Waals surface area contributed by atoms with Crippen LogP contribution < -0.4 is 16.0 Å². The van der Waals surface area contributed by atoms with E-state index >= 15 is 0 Å². The maximum absolute atomic E-state index is 11.1. The van der Waals surface area contributed by atoms with Crippen LogP contribution in [0, 0.1) is 0 Å². The van der Waals surface area contributed by atoms with Gasteiger partial charge in [-0.25, -0.2) is 0 Å². The molecular formula is C12H18ClN3O. The van der Waals surface area contributed by atoms with E-state index in [0.29, 0.717) is 24.5 Å². The fourth-order valence-electron chi connectivity index (χ4n) is 1.50. The molecule has 0 radical (unpaired) electrons. The summed E-state index contributed by atoms with van der Waals surface area (Å²) in [6.07, 6.45) is 0.446. The molecule has 0 spiro atoms. The number of carbonyl (C=O) groups excluding carboxylic acids is 1. The third-order valence-electron chi connectivity index (χ3n) is 2.61. The number of benzene rings is 1. The topological polar surface area (TPSA) is 58.4 Å². The van der Waals surface area contributed by atoms with Gasteiger partial charge in [0.25, 0.3) is 0 Å². The van der Waals surface area contributed by atoms with Crippen molar-refractivity contribution < 1.29 is 4.79 Å². The molecule has 1 amide bonds. The average Bonchev–Trinajstić information content (AvgIpc) is 2.35. The molecule has 0 aromatic heterocycles. The van der Waals surface area contributed by atoms with Crippen LogP contribution in [0.15, 0.2) is 18.2 Å². The van der Waals surface area contributed by atoms with Crippen molar-refractivity contribution in [1.29, 1.82) is 0 Å². The normalized spacial score (nSPS) is 10.1. The first-order valence-corrected chi connectivity index (χ1v) is 5.86. The van der Waals surface area contributed by atoms with Gasteiger partial charge in [-0.1, -0.05) is 17.7 Å². The number of nitrogens with two attached hydrogens (primary N) is 1. The summed E-state index contributed by atoms with van der Waals surface area (Å²) in [6.45, 7) is 1.10. The van der Waals surface area contributed by atoms with Gasteiger partial charge < -0.3 is 16.0 Å². The summed E-state index contributed by atoms with van der Waals surface area (Å²) >= 11 is 6.15. The van der Waals surface area contributed by atoms with Crippen molar-refractivity contribution >= 4 is 23.2 Å². The number of anilines is 1. The smallest absolute Gasteiger partial charge is 0.221 e. The van der Waals surface area contributed by atoms with Crippen molar-refractivity contribution in [2.45, 2.75) is 13.0 Å². The Morgan fingerprint density at radius 3 is 2.76 bits per heavy atom. The fraction of sp³-hybridized carbons (Fsp3) is 0.417. The molecule has 1 aromatic carbocycles. The summed E-state index contributed by atoms with van der Waals surface area (Å²) in [5, 5.41) is 3.25. The predicted octanol–water partition coefficient (Wildman–Crippen LogP) is 1.37. The zero-order valence-corrected chi connectivity index (χ0v) is 10.9. The number of hydrogen-bond acceptors (Lipinski definition) is 3. The van der Waals surface area contributed by atoms with Gasteiger partial charge in [-0.2, -0.15) is 0 Å². The number of rotatable bonds is 5. The van der Waals surface area contributed by atoms with Gasteiger partial charge in [-0.3, -0.25) is 4.79 Å². The summed E-state index contributed by atoms with van der Waals surface area (Å²) in [5.41, 5.74) is 7.44. The Hall–Kier alpha value is -1.26. The number of nitrogens with one attached hydrogen (secondary N) is 1. The van der Waals surface area contributed by atoms with Gasteiger partial charge in [0.2, 0.25) is 5.91 Å². The molecule has 0 saturated carbocycles. The van der Waals surface area contributed by atoms with Crippen molar-refractivity contribution in [2.24, 2.45) is 5.73 Å². The van der Waals surface area contributed by atoms with Gasteiger partial charge in [-0.15, -0.1) is 0 Å². The van der Waals surface area contributed by atoms with Gasteiger partial charge in [-0.05, 0) is 17.7 Å². The van der Waals surface area contributed by atoms with Crippen LogP contribution in [-0.4, -0.2) is 26.5 Å². The standard InChI is InChI=1S/C12H18ClN3O/c1-15-12(17)5-6-16(2)11-4-3-9(8-14)7-10(11)13/h3-4,7H,5-6,8,14H2,1-2H3,(H,15,17). The Labute approximate surface area is 107 Å². The van der Waals surface area contributed by atoms with Crippen LogP contribution in [0.1, 0.15) is 12.0 Å². The lowest BCUT2D eigenvalue weighted by atomic mass is 10.2. The number of halogens is 1. The number of hydrogen-bond donors (Lipinski definition) is 2. The fourth-order valence-corrected chi connectivity index (χ4v) is 1.85. The van der Waals surface area contributed by atoms with Gasteiger partial charge >= 0.3 is 0 Å². The zero-order valence-electron chi connectivity index (χ0n) is 10.2. The van der Waals surface area contributed by atoms with E-state index in [1.807, 2.05) is 30.1 Å². The molecule has 4 nitrogen and oxygen atoms in total. The highest BCUT2D eigenvalue weighted by Gasteiger charge is 2.08. The van der Waals surface area contributed by atoms with E-state index in [4.69, 9.17) is 17.3 Å². The van der Waals surface area contributed by atoms with Gasteiger partial charge in [0.1, 0.15) is 0 Å². The summed E-state index contributed by atoms with van der Waals surface area (Å²) < 4.78 is 0. The Kier molecular flexibility index (Phi) is 5.25. The van der Waals surface area contributed by atoms with Crippen LogP contribution in [0.5, 0.6) is 0 Å². The third-order valence-corrected chi connectivity index (χ3v) is 2.91. The highest BCUT2D eigenvalue weighted by molar-refractivity contribution is 6.33. The van der Waals surface area contributed by atoms with E-state index in [-0.39, 0.29) is 5.91 Å². The van der Waals surface area contributed by atoms with Crippen LogP contribution in [0.3, 0.4) is 0 Å². The molecule has 5 heteroatoms. The lowest BCUT2D eigenvalue weighted by molar-refractivity contribution is -0.120. The molecule has 0 fully saturated rings. The largest absolute Gasteiger partial charge is 0.373 e. The highest BCUT2D eigenvalue weighted by atomic mass is 35.5. The molecule has 0 saturated heterocycles. The van der Waals surface area contributed by atoms with Gasteiger partial charge in [0, 0.05) is 33.6 Å². The van der Waals surface area contributed by atoms with Crippen molar-refractivity contribution in [3.05, 3.63) is 28.8 Å². The second kappa shape index (κ2) is 6.47. The minimum absolute atomic E-state index is 0.0200. The first-order chi connectivity index (χ1) is 8.08. The molecule has 94 valence electrons. The van der Waals surface area contributed by atoms with E-state index in [2.05, 4.69) is 5.32 Å². The lowest BCUT2D eigenvalue weighted by Gasteiger charge is -2.20. The molecule has 1 aromatic rings. The van der Waals surface area contributed by atoms with E-state index < -0.39 is 0 Å². The van der Waals surface area contributed by atoms with Crippen molar-refractivity contribution in [3.63, 3.8) is 0 Å². The van der Waals surface area contributed by atoms with Gasteiger partial charge in [0.05, 0.1) is 10.7 Å². The van der Waals surface area contributed by atoms with Crippen molar-refractivity contribution in [1.82, 2.24) is 5.32 Å². The van der Waals surface area contributed by atoms with E-state index in [9.17, 15) is 4.79 Å². The van der Waals surface area contributed by atoms with E-state index in [1.165, 1.54) is 0 Å². The minimum atomic E-state index is 0.0200. The Bertz CT molecular complexity index is 395. The summed E-state index contributed by atoms with van der Waals surface area (Å²) in [4.78, 5) is 13.1. The SMILES string of the molecule is CNC(=O)CCN(C)c1ccc(CN)cc1Cl. The molecule has 17 heavy (non-hydrogen) atoms. The molecule has 0 aliphatic heterocycles. The third kappa shape index (κ3) is 3.91. The van der Waals surface area contributed by atoms with E-state index in [1.54, 1.807) is 7.05 Å². The molecule has 3 N–H and O–H groups in total. The Morgan fingerprint density at radius 2 is 2.24 bits per heavy atom. The molecule has 0 atom stereocenters. The van der Waals surface area contributed by atoms with Crippen molar-refractivity contribution in [2.75, 3.05) is 25.5 Å². The Balaban J connectivity index is 2.68. The molecule has 1 rings (SSSR count). The van der Waals surface area contributed by atoms with E-state index in [0.717, 1.165) is 11.3 Å². The molecule has 0 aliphatic rings. The second-order valence-corrected chi connectivity index (χ2v) is 4.24. The first kappa shape index (κ1) is 13.8. The second-order valence-electron chi connectivity index (χ2n) is 3.83. The molecule has 0 unspecified atom stereocenters. The van der Waals surface area contributed by atoms with Crippen LogP contribution in [0.4, 0.5) is 5.69 Å².